The van der Waals surface area contributed by atoms with Crippen LogP contribution in [-0.4, -0.2) is 18.5 Å². The first kappa shape index (κ1) is 24.9. The van der Waals surface area contributed by atoms with Crippen LogP contribution >= 0.6 is 15.9 Å². The van der Waals surface area contributed by atoms with Gasteiger partial charge < -0.3 is 9.47 Å². The number of ether oxygens (including phenoxy) is 2. The molecule has 0 spiro atoms. The van der Waals surface area contributed by atoms with E-state index >= 15 is 0 Å². The van der Waals surface area contributed by atoms with Crippen molar-refractivity contribution >= 4 is 15.9 Å². The Morgan fingerprint density at radius 1 is 0.613 bits per heavy atom. The van der Waals surface area contributed by atoms with Crippen LogP contribution in [0.3, 0.4) is 0 Å². The molecule has 0 aliphatic heterocycles. The fourth-order valence-corrected chi connectivity index (χ4v) is 3.33. The summed E-state index contributed by atoms with van der Waals surface area (Å²) >= 11 is 3.46. The van der Waals surface area contributed by atoms with Gasteiger partial charge in [0.15, 0.2) is 0 Å². The lowest BCUT2D eigenvalue weighted by molar-refractivity contribution is 0.305. The van der Waals surface area contributed by atoms with Gasteiger partial charge in [-0.05, 0) is 79.6 Å². The van der Waals surface area contributed by atoms with E-state index in [9.17, 15) is 0 Å². The summed E-state index contributed by atoms with van der Waals surface area (Å²) in [7, 11) is 0. The van der Waals surface area contributed by atoms with Crippen LogP contribution in [0.1, 0.15) is 69.4 Å². The third-order valence-corrected chi connectivity index (χ3v) is 5.31. The standard InChI is InChI=1S/C28H33BrO2/c1-2-3-4-10-23-30-27-18-14-25(15-19-27)12-7-8-13-26-16-20-28(21-17-26)31-24-11-6-5-9-22-29/h14-21H,2-6,9-11,22-24H2,1H3. The van der Waals surface area contributed by atoms with Crippen LogP contribution in [0.2, 0.25) is 0 Å². The van der Waals surface area contributed by atoms with Crippen LogP contribution in [-0.2, 0) is 0 Å². The van der Waals surface area contributed by atoms with Crippen LogP contribution < -0.4 is 9.47 Å². The van der Waals surface area contributed by atoms with Crippen molar-refractivity contribution in [3.63, 3.8) is 0 Å². The molecular formula is C28H33BrO2. The minimum atomic E-state index is 0.765. The summed E-state index contributed by atoms with van der Waals surface area (Å²) in [6, 6.07) is 15.8. The second kappa shape index (κ2) is 16.3. The largest absolute Gasteiger partial charge is 0.494 e. The van der Waals surface area contributed by atoms with Crippen molar-refractivity contribution in [3.05, 3.63) is 59.7 Å². The van der Waals surface area contributed by atoms with Crippen molar-refractivity contribution in [3.8, 4) is 35.2 Å². The Kier molecular flexibility index (Phi) is 13.1. The van der Waals surface area contributed by atoms with Crippen molar-refractivity contribution in [2.24, 2.45) is 0 Å². The minimum Gasteiger partial charge on any atom is -0.494 e. The van der Waals surface area contributed by atoms with Crippen molar-refractivity contribution < 1.29 is 9.47 Å². The fraction of sp³-hybridized carbons (Fsp3) is 0.429. The Labute approximate surface area is 196 Å². The molecule has 0 unspecified atom stereocenters. The highest BCUT2D eigenvalue weighted by atomic mass is 79.9. The average molecular weight is 481 g/mol. The Morgan fingerprint density at radius 2 is 1.06 bits per heavy atom. The van der Waals surface area contributed by atoms with E-state index in [0.717, 1.165) is 54.0 Å². The smallest absolute Gasteiger partial charge is 0.119 e. The van der Waals surface area contributed by atoms with Gasteiger partial charge in [0, 0.05) is 16.5 Å². The zero-order valence-electron chi connectivity index (χ0n) is 18.6. The maximum absolute atomic E-state index is 5.78. The number of unbranched alkanes of at least 4 members (excludes halogenated alkanes) is 6. The molecule has 2 nitrogen and oxygen atoms in total. The molecular weight excluding hydrogens is 448 g/mol. The molecule has 0 saturated carbocycles. The summed E-state index contributed by atoms with van der Waals surface area (Å²) in [5.74, 6) is 13.8. The van der Waals surface area contributed by atoms with Gasteiger partial charge in [-0.1, -0.05) is 66.8 Å². The number of rotatable bonds is 13. The van der Waals surface area contributed by atoms with Gasteiger partial charge in [-0.15, -0.1) is 0 Å². The highest BCUT2D eigenvalue weighted by molar-refractivity contribution is 9.09. The normalized spacial score (nSPS) is 9.87. The summed E-state index contributed by atoms with van der Waals surface area (Å²) in [6.07, 6.45) is 9.64. The molecule has 0 N–H and O–H groups in total. The van der Waals surface area contributed by atoms with E-state index in [0.29, 0.717) is 0 Å². The maximum atomic E-state index is 5.78. The van der Waals surface area contributed by atoms with Crippen LogP contribution in [0.25, 0.3) is 0 Å². The van der Waals surface area contributed by atoms with Gasteiger partial charge in [-0.2, -0.15) is 0 Å². The lowest BCUT2D eigenvalue weighted by Gasteiger charge is -2.05. The predicted molar refractivity (Wildman–Crippen MR) is 134 cm³/mol. The Hall–Kier alpha value is -2.36. The van der Waals surface area contributed by atoms with E-state index in [2.05, 4.69) is 46.5 Å². The van der Waals surface area contributed by atoms with E-state index in [-0.39, 0.29) is 0 Å². The Morgan fingerprint density at radius 3 is 1.52 bits per heavy atom. The molecule has 164 valence electrons. The molecule has 0 fully saturated rings. The molecule has 0 aliphatic rings. The van der Waals surface area contributed by atoms with Gasteiger partial charge in [-0.25, -0.2) is 0 Å². The van der Waals surface area contributed by atoms with E-state index in [1.807, 2.05) is 48.5 Å². The van der Waals surface area contributed by atoms with Gasteiger partial charge >= 0.3 is 0 Å². The average Bonchev–Trinajstić information content (AvgIpc) is 2.81. The van der Waals surface area contributed by atoms with E-state index in [1.165, 1.54) is 38.5 Å². The summed E-state index contributed by atoms with van der Waals surface area (Å²) in [5.41, 5.74) is 1.87. The zero-order chi connectivity index (χ0) is 22.0. The first-order valence-electron chi connectivity index (χ1n) is 11.4. The van der Waals surface area contributed by atoms with E-state index in [4.69, 9.17) is 9.47 Å². The van der Waals surface area contributed by atoms with Gasteiger partial charge in [0.1, 0.15) is 11.5 Å². The lowest BCUT2D eigenvalue weighted by atomic mass is 10.2. The Balaban J connectivity index is 1.72. The highest BCUT2D eigenvalue weighted by Crippen LogP contribution is 2.14. The van der Waals surface area contributed by atoms with E-state index in [1.54, 1.807) is 0 Å². The molecule has 2 aromatic carbocycles. The van der Waals surface area contributed by atoms with Crippen LogP contribution in [0.4, 0.5) is 0 Å². The van der Waals surface area contributed by atoms with Crippen LogP contribution in [0.15, 0.2) is 48.5 Å². The molecule has 2 aromatic rings. The van der Waals surface area contributed by atoms with Crippen molar-refractivity contribution in [1.82, 2.24) is 0 Å². The number of hydrogen-bond donors (Lipinski definition) is 0. The molecule has 0 atom stereocenters. The number of benzene rings is 2. The van der Waals surface area contributed by atoms with Crippen molar-refractivity contribution in [1.29, 1.82) is 0 Å². The summed E-state index contributed by atoms with van der Waals surface area (Å²) in [4.78, 5) is 0. The molecule has 3 heteroatoms. The summed E-state index contributed by atoms with van der Waals surface area (Å²) in [5, 5.41) is 1.08. The second-order valence-corrected chi connectivity index (χ2v) is 8.20. The molecule has 0 radical (unpaired) electrons. The SMILES string of the molecule is CCCCCCOc1ccc(C#CC#Cc2ccc(OCCCCCCBr)cc2)cc1. The quantitative estimate of drug-likeness (QED) is 0.169. The highest BCUT2D eigenvalue weighted by Gasteiger charge is 1.96. The van der Waals surface area contributed by atoms with Crippen LogP contribution in [0, 0.1) is 23.7 Å². The molecule has 0 bridgehead atoms. The molecule has 2 rings (SSSR count). The topological polar surface area (TPSA) is 18.5 Å². The molecule has 0 aliphatic carbocycles. The number of hydrogen-bond acceptors (Lipinski definition) is 2. The Bertz CT molecular complexity index is 848. The van der Waals surface area contributed by atoms with Gasteiger partial charge in [0.2, 0.25) is 0 Å². The molecule has 0 heterocycles. The van der Waals surface area contributed by atoms with Crippen LogP contribution in [0.5, 0.6) is 11.5 Å². The summed E-state index contributed by atoms with van der Waals surface area (Å²) < 4.78 is 11.5. The lowest BCUT2D eigenvalue weighted by Crippen LogP contribution is -1.97. The van der Waals surface area contributed by atoms with E-state index < -0.39 is 0 Å². The predicted octanol–water partition coefficient (Wildman–Crippen LogP) is 7.38. The number of alkyl halides is 1. The number of halogens is 1. The monoisotopic (exact) mass is 480 g/mol. The van der Waals surface area contributed by atoms with Gasteiger partial charge in [0.05, 0.1) is 13.2 Å². The van der Waals surface area contributed by atoms with Gasteiger partial charge in [-0.3, -0.25) is 0 Å². The summed E-state index contributed by atoms with van der Waals surface area (Å²) in [6.45, 7) is 3.76. The second-order valence-electron chi connectivity index (χ2n) is 7.41. The molecule has 0 amide bonds. The third kappa shape index (κ3) is 11.6. The maximum Gasteiger partial charge on any atom is 0.119 e. The molecule has 31 heavy (non-hydrogen) atoms. The first-order chi connectivity index (χ1) is 15.3. The first-order valence-corrected chi connectivity index (χ1v) is 12.5. The third-order valence-electron chi connectivity index (χ3n) is 4.75. The molecule has 0 aromatic heterocycles. The van der Waals surface area contributed by atoms with Gasteiger partial charge in [0.25, 0.3) is 0 Å². The minimum absolute atomic E-state index is 0.765. The molecule has 0 saturated heterocycles. The van der Waals surface area contributed by atoms with Crippen molar-refractivity contribution in [2.75, 3.05) is 18.5 Å². The van der Waals surface area contributed by atoms with Crippen molar-refractivity contribution in [2.45, 2.75) is 58.3 Å². The zero-order valence-corrected chi connectivity index (χ0v) is 20.2. The fourth-order valence-electron chi connectivity index (χ4n) is 2.93.